The summed E-state index contributed by atoms with van der Waals surface area (Å²) in [6.45, 7) is 1.67. The summed E-state index contributed by atoms with van der Waals surface area (Å²) in [6, 6.07) is 7.03. The van der Waals surface area contributed by atoms with Gasteiger partial charge in [0.1, 0.15) is 5.82 Å². The van der Waals surface area contributed by atoms with Crippen molar-refractivity contribution in [1.82, 2.24) is 4.98 Å². The van der Waals surface area contributed by atoms with Crippen LogP contribution in [-0.4, -0.2) is 19.3 Å². The predicted octanol–water partition coefficient (Wildman–Crippen LogP) is 1.94. The van der Waals surface area contributed by atoms with Crippen LogP contribution in [0.3, 0.4) is 0 Å². The highest BCUT2D eigenvalue weighted by Crippen LogP contribution is 2.19. The van der Waals surface area contributed by atoms with E-state index in [2.05, 4.69) is 9.71 Å². The Morgan fingerprint density at radius 1 is 1.29 bits per heavy atom. The molecule has 0 spiro atoms. The van der Waals surface area contributed by atoms with Crippen LogP contribution in [0.4, 0.5) is 5.82 Å². The normalized spacial score (nSPS) is 11.1. The number of primary amides is 1. The Morgan fingerprint density at radius 3 is 2.62 bits per heavy atom. The van der Waals surface area contributed by atoms with Gasteiger partial charge in [-0.1, -0.05) is 17.7 Å². The van der Waals surface area contributed by atoms with Crippen LogP contribution in [0.1, 0.15) is 15.9 Å². The van der Waals surface area contributed by atoms with E-state index in [0.717, 1.165) is 0 Å². The highest BCUT2D eigenvalue weighted by molar-refractivity contribution is 7.92. The summed E-state index contributed by atoms with van der Waals surface area (Å²) in [5, 5.41) is 0.351. The standard InChI is InChI=1S/C13H12ClN3O3S/c1-8-2-3-10(7-11(8)13(15)18)21(19,20)17-12-6-9(14)4-5-16-12/h2-7H,1H3,(H2,15,18)(H,16,17). The lowest BCUT2D eigenvalue weighted by Gasteiger charge is -2.09. The molecule has 2 rings (SSSR count). The monoisotopic (exact) mass is 325 g/mol. The van der Waals surface area contributed by atoms with Crippen LogP contribution in [0.5, 0.6) is 0 Å². The maximum absolute atomic E-state index is 12.3. The zero-order chi connectivity index (χ0) is 15.6. The van der Waals surface area contributed by atoms with E-state index >= 15 is 0 Å². The molecule has 8 heteroatoms. The molecule has 0 radical (unpaired) electrons. The number of anilines is 1. The molecule has 1 amide bonds. The fraction of sp³-hybridized carbons (Fsp3) is 0.0769. The van der Waals surface area contributed by atoms with E-state index in [1.54, 1.807) is 6.92 Å². The predicted molar refractivity (Wildman–Crippen MR) is 79.8 cm³/mol. The SMILES string of the molecule is Cc1ccc(S(=O)(=O)Nc2cc(Cl)ccn2)cc1C(N)=O. The minimum Gasteiger partial charge on any atom is -0.366 e. The molecule has 1 aromatic heterocycles. The number of carbonyl (C=O) groups excluding carboxylic acids is 1. The van der Waals surface area contributed by atoms with Crippen LogP contribution in [0.15, 0.2) is 41.4 Å². The lowest BCUT2D eigenvalue weighted by molar-refractivity contribution is 0.0999. The number of nitrogens with one attached hydrogen (secondary N) is 1. The quantitative estimate of drug-likeness (QED) is 0.896. The molecule has 0 saturated carbocycles. The lowest BCUT2D eigenvalue weighted by atomic mass is 10.1. The van der Waals surface area contributed by atoms with E-state index in [1.165, 1.54) is 36.5 Å². The van der Waals surface area contributed by atoms with Gasteiger partial charge in [0.2, 0.25) is 5.91 Å². The van der Waals surface area contributed by atoms with Gasteiger partial charge >= 0.3 is 0 Å². The van der Waals surface area contributed by atoms with E-state index in [1.807, 2.05) is 0 Å². The van der Waals surface area contributed by atoms with Gasteiger partial charge < -0.3 is 5.73 Å². The molecule has 0 atom stereocenters. The van der Waals surface area contributed by atoms with Crippen molar-refractivity contribution in [3.63, 3.8) is 0 Å². The van der Waals surface area contributed by atoms with Gasteiger partial charge in [0.05, 0.1) is 4.90 Å². The average molecular weight is 326 g/mol. The Balaban J connectivity index is 2.40. The summed E-state index contributed by atoms with van der Waals surface area (Å²) in [7, 11) is -3.88. The number of aromatic nitrogens is 1. The van der Waals surface area contributed by atoms with Gasteiger partial charge in [-0.05, 0) is 30.7 Å². The van der Waals surface area contributed by atoms with Crippen LogP contribution in [0, 0.1) is 6.92 Å². The number of sulfonamides is 1. The molecule has 0 fully saturated rings. The van der Waals surface area contributed by atoms with Gasteiger partial charge in [-0.25, -0.2) is 13.4 Å². The second kappa shape index (κ2) is 5.71. The highest BCUT2D eigenvalue weighted by atomic mass is 35.5. The topological polar surface area (TPSA) is 102 Å². The number of aryl methyl sites for hydroxylation is 1. The van der Waals surface area contributed by atoms with Gasteiger partial charge in [0.25, 0.3) is 10.0 Å². The zero-order valence-corrected chi connectivity index (χ0v) is 12.6. The first kappa shape index (κ1) is 15.3. The maximum atomic E-state index is 12.3. The van der Waals surface area contributed by atoms with Crippen LogP contribution < -0.4 is 10.5 Å². The number of amides is 1. The first-order chi connectivity index (χ1) is 9.79. The Bertz CT molecular complexity index is 806. The largest absolute Gasteiger partial charge is 0.366 e. The molecule has 2 aromatic rings. The molecule has 1 heterocycles. The summed E-state index contributed by atoms with van der Waals surface area (Å²) in [5.41, 5.74) is 5.96. The minimum absolute atomic E-state index is 0.0799. The van der Waals surface area contributed by atoms with Gasteiger partial charge in [-0.15, -0.1) is 0 Å². The van der Waals surface area contributed by atoms with E-state index in [4.69, 9.17) is 17.3 Å². The number of nitrogens with two attached hydrogens (primary N) is 1. The number of carbonyl (C=O) groups is 1. The maximum Gasteiger partial charge on any atom is 0.263 e. The van der Waals surface area contributed by atoms with Crippen molar-refractivity contribution in [2.45, 2.75) is 11.8 Å². The van der Waals surface area contributed by atoms with Gasteiger partial charge in [0.15, 0.2) is 0 Å². The Morgan fingerprint density at radius 2 is 2.00 bits per heavy atom. The number of nitrogens with zero attached hydrogens (tertiary/aromatic N) is 1. The van der Waals surface area contributed by atoms with E-state index in [9.17, 15) is 13.2 Å². The highest BCUT2D eigenvalue weighted by Gasteiger charge is 2.17. The second-order valence-electron chi connectivity index (χ2n) is 4.31. The van der Waals surface area contributed by atoms with Crippen molar-refractivity contribution in [2.75, 3.05) is 4.72 Å². The number of benzene rings is 1. The zero-order valence-electron chi connectivity index (χ0n) is 11.0. The molecule has 6 nitrogen and oxygen atoms in total. The van der Waals surface area contributed by atoms with Crippen LogP contribution in [0.25, 0.3) is 0 Å². The molecule has 0 unspecified atom stereocenters. The molecular weight excluding hydrogens is 314 g/mol. The first-order valence-electron chi connectivity index (χ1n) is 5.84. The first-order valence-corrected chi connectivity index (χ1v) is 7.70. The molecule has 110 valence electrons. The molecule has 1 aromatic carbocycles. The van der Waals surface area contributed by atoms with E-state index < -0.39 is 15.9 Å². The molecule has 0 aliphatic rings. The number of rotatable bonds is 4. The van der Waals surface area contributed by atoms with Gasteiger partial charge in [-0.3, -0.25) is 9.52 Å². The van der Waals surface area contributed by atoms with Crippen molar-refractivity contribution in [1.29, 1.82) is 0 Å². The van der Waals surface area contributed by atoms with Crippen molar-refractivity contribution in [3.05, 3.63) is 52.7 Å². The van der Waals surface area contributed by atoms with E-state index in [-0.39, 0.29) is 16.3 Å². The number of pyridine rings is 1. The molecule has 0 aliphatic carbocycles. The fourth-order valence-corrected chi connectivity index (χ4v) is 2.88. The third-order valence-corrected chi connectivity index (χ3v) is 4.33. The average Bonchev–Trinajstić information content (AvgIpc) is 2.38. The number of hydrogen-bond donors (Lipinski definition) is 2. The van der Waals surface area contributed by atoms with E-state index in [0.29, 0.717) is 10.6 Å². The fourth-order valence-electron chi connectivity index (χ4n) is 1.69. The minimum atomic E-state index is -3.88. The Hall–Kier alpha value is -2.12. The number of halogens is 1. The van der Waals surface area contributed by atoms with Gasteiger partial charge in [0, 0.05) is 22.8 Å². The summed E-state index contributed by atoms with van der Waals surface area (Å²) in [6.07, 6.45) is 1.38. The van der Waals surface area contributed by atoms with Crippen LogP contribution >= 0.6 is 11.6 Å². The Kier molecular flexibility index (Phi) is 4.15. The van der Waals surface area contributed by atoms with Crippen LogP contribution in [0.2, 0.25) is 5.02 Å². The van der Waals surface area contributed by atoms with Crippen molar-refractivity contribution < 1.29 is 13.2 Å². The molecule has 3 N–H and O–H groups in total. The third-order valence-electron chi connectivity index (χ3n) is 2.75. The second-order valence-corrected chi connectivity index (χ2v) is 6.42. The molecule has 0 bridgehead atoms. The summed E-state index contributed by atoms with van der Waals surface area (Å²) >= 11 is 5.77. The Labute approximate surface area is 127 Å². The van der Waals surface area contributed by atoms with Crippen molar-refractivity contribution >= 4 is 33.3 Å². The molecule has 0 aliphatic heterocycles. The summed E-state index contributed by atoms with van der Waals surface area (Å²) in [4.78, 5) is 15.1. The lowest BCUT2D eigenvalue weighted by Crippen LogP contribution is -2.17. The molecule has 21 heavy (non-hydrogen) atoms. The van der Waals surface area contributed by atoms with Crippen molar-refractivity contribution in [3.8, 4) is 0 Å². The van der Waals surface area contributed by atoms with Crippen LogP contribution in [-0.2, 0) is 10.0 Å². The van der Waals surface area contributed by atoms with Gasteiger partial charge in [-0.2, -0.15) is 0 Å². The smallest absolute Gasteiger partial charge is 0.263 e. The summed E-state index contributed by atoms with van der Waals surface area (Å²) < 4.78 is 26.8. The third kappa shape index (κ3) is 3.50. The molecule has 0 saturated heterocycles. The number of hydrogen-bond acceptors (Lipinski definition) is 4. The van der Waals surface area contributed by atoms with Crippen molar-refractivity contribution in [2.24, 2.45) is 5.73 Å². The molecular formula is C13H12ClN3O3S. The summed E-state index contributed by atoms with van der Waals surface area (Å²) in [5.74, 6) is -0.603.